The summed E-state index contributed by atoms with van der Waals surface area (Å²) >= 11 is 0. The summed E-state index contributed by atoms with van der Waals surface area (Å²) in [7, 11) is -3.70. The lowest BCUT2D eigenvalue weighted by Gasteiger charge is -2.28. The summed E-state index contributed by atoms with van der Waals surface area (Å²) < 4.78 is 40.6. The highest BCUT2D eigenvalue weighted by Crippen LogP contribution is 2.38. The molecule has 1 fully saturated rings. The molecular weight excluding hydrogens is 382 g/mol. The van der Waals surface area contributed by atoms with Gasteiger partial charge in [0, 0.05) is 17.8 Å². The van der Waals surface area contributed by atoms with Crippen LogP contribution in [-0.2, 0) is 15.0 Å². The minimum absolute atomic E-state index is 0.0261. The minimum atomic E-state index is -3.70. The van der Waals surface area contributed by atoms with Crippen LogP contribution in [0, 0.1) is 0 Å². The normalized spacial score (nSPS) is 23.3. The number of amides is 1. The maximum absolute atomic E-state index is 13.0. The molecule has 0 aliphatic carbocycles. The van der Waals surface area contributed by atoms with E-state index in [0.717, 1.165) is 24.2 Å². The summed E-state index contributed by atoms with van der Waals surface area (Å²) in [6.45, 7) is 5.00. The van der Waals surface area contributed by atoms with Crippen molar-refractivity contribution in [2.75, 3.05) is 19.8 Å². The summed E-state index contributed by atoms with van der Waals surface area (Å²) in [5.41, 5.74) is 2.47. The monoisotopic (exact) mass is 405 g/mol. The maximum Gasteiger partial charge on any atom is 0.342 e. The van der Waals surface area contributed by atoms with Crippen LogP contribution < -0.4 is 14.2 Å². The van der Waals surface area contributed by atoms with E-state index in [-0.39, 0.29) is 18.4 Å². The van der Waals surface area contributed by atoms with Gasteiger partial charge in [-0.3, -0.25) is 9.52 Å². The number of fused-ring (bicyclic) bond motifs is 1. The van der Waals surface area contributed by atoms with E-state index in [1.807, 2.05) is 23.1 Å². The van der Waals surface area contributed by atoms with Gasteiger partial charge >= 0.3 is 10.2 Å². The van der Waals surface area contributed by atoms with Gasteiger partial charge in [-0.1, -0.05) is 6.07 Å². The fourth-order valence-electron chi connectivity index (χ4n) is 3.98. The first kappa shape index (κ1) is 18.8. The largest absolute Gasteiger partial charge is 0.486 e. The van der Waals surface area contributed by atoms with Gasteiger partial charge in [-0.15, -0.1) is 4.40 Å². The van der Waals surface area contributed by atoms with Crippen LogP contribution in [-0.4, -0.2) is 44.7 Å². The van der Waals surface area contributed by atoms with Crippen molar-refractivity contribution < 1.29 is 22.7 Å². The SMILES string of the molecule is CC1=NS(=O)(=O)NC(C)=C1CC(=O)N1CCC[C@H]1c1ccc2c(c1)OCCO2. The van der Waals surface area contributed by atoms with Gasteiger partial charge in [0.2, 0.25) is 5.91 Å². The summed E-state index contributed by atoms with van der Waals surface area (Å²) in [6.07, 6.45) is 1.91. The number of likely N-dealkylation sites (tertiary alicyclic amines) is 1. The molecule has 1 aromatic carbocycles. The van der Waals surface area contributed by atoms with E-state index in [1.54, 1.807) is 13.8 Å². The van der Waals surface area contributed by atoms with Gasteiger partial charge in [0.25, 0.3) is 0 Å². The second kappa shape index (κ2) is 7.12. The Labute approximate surface area is 164 Å². The number of nitrogens with zero attached hydrogens (tertiary/aromatic N) is 2. The Hall–Kier alpha value is -2.55. The second-order valence-electron chi connectivity index (χ2n) is 7.18. The number of benzene rings is 1. The third-order valence-corrected chi connectivity index (χ3v) is 6.36. The number of ether oxygens (including phenoxy) is 2. The Morgan fingerprint density at radius 3 is 2.75 bits per heavy atom. The fraction of sp³-hybridized carbons (Fsp3) is 0.474. The molecular formula is C19H23N3O5S. The Bertz CT molecular complexity index is 983. The fourth-order valence-corrected chi connectivity index (χ4v) is 5.00. The van der Waals surface area contributed by atoms with Crippen molar-refractivity contribution in [3.63, 3.8) is 0 Å². The zero-order valence-electron chi connectivity index (χ0n) is 15.9. The molecule has 0 unspecified atom stereocenters. The van der Waals surface area contributed by atoms with Crippen LogP contribution >= 0.6 is 0 Å². The molecule has 0 radical (unpaired) electrons. The predicted octanol–water partition coefficient (Wildman–Crippen LogP) is 2.09. The lowest BCUT2D eigenvalue weighted by molar-refractivity contribution is -0.131. The lowest BCUT2D eigenvalue weighted by atomic mass is 10.0. The van der Waals surface area contributed by atoms with E-state index in [0.29, 0.717) is 42.5 Å². The van der Waals surface area contributed by atoms with Crippen molar-refractivity contribution in [3.8, 4) is 11.5 Å². The van der Waals surface area contributed by atoms with Crippen molar-refractivity contribution in [1.82, 2.24) is 9.62 Å². The van der Waals surface area contributed by atoms with E-state index in [4.69, 9.17) is 9.47 Å². The van der Waals surface area contributed by atoms with Crippen LogP contribution in [0.2, 0.25) is 0 Å². The molecule has 8 nitrogen and oxygen atoms in total. The minimum Gasteiger partial charge on any atom is -0.486 e. The van der Waals surface area contributed by atoms with Crippen LogP contribution in [0.25, 0.3) is 0 Å². The van der Waals surface area contributed by atoms with Crippen molar-refractivity contribution in [3.05, 3.63) is 35.0 Å². The molecule has 0 bridgehead atoms. The van der Waals surface area contributed by atoms with Crippen molar-refractivity contribution in [1.29, 1.82) is 0 Å². The molecule has 3 aliphatic heterocycles. The van der Waals surface area contributed by atoms with Crippen LogP contribution in [0.5, 0.6) is 11.5 Å². The van der Waals surface area contributed by atoms with Gasteiger partial charge in [-0.25, -0.2) is 0 Å². The highest BCUT2D eigenvalue weighted by Gasteiger charge is 2.32. The van der Waals surface area contributed by atoms with Crippen LogP contribution in [0.3, 0.4) is 0 Å². The average molecular weight is 405 g/mol. The lowest BCUT2D eigenvalue weighted by Crippen LogP contribution is -2.34. The number of rotatable bonds is 3. The molecule has 1 aromatic rings. The number of allylic oxidation sites excluding steroid dienone is 1. The van der Waals surface area contributed by atoms with Gasteiger partial charge < -0.3 is 14.4 Å². The molecule has 1 saturated heterocycles. The molecule has 1 amide bonds. The molecule has 28 heavy (non-hydrogen) atoms. The van der Waals surface area contributed by atoms with E-state index in [2.05, 4.69) is 9.12 Å². The Morgan fingerprint density at radius 1 is 1.25 bits per heavy atom. The van der Waals surface area contributed by atoms with Crippen molar-refractivity contribution in [2.45, 2.75) is 39.2 Å². The van der Waals surface area contributed by atoms with E-state index >= 15 is 0 Å². The molecule has 0 aromatic heterocycles. The van der Waals surface area contributed by atoms with E-state index < -0.39 is 10.2 Å². The van der Waals surface area contributed by atoms with Gasteiger partial charge in [0.05, 0.1) is 18.2 Å². The Balaban J connectivity index is 1.54. The van der Waals surface area contributed by atoms with Crippen LogP contribution in [0.4, 0.5) is 0 Å². The first-order valence-electron chi connectivity index (χ1n) is 9.32. The number of carbonyl (C=O) groups is 1. The number of hydrogen-bond acceptors (Lipinski definition) is 5. The number of hydrogen-bond donors (Lipinski definition) is 1. The molecule has 3 aliphatic rings. The van der Waals surface area contributed by atoms with Crippen LogP contribution in [0.1, 0.15) is 44.7 Å². The smallest absolute Gasteiger partial charge is 0.342 e. The van der Waals surface area contributed by atoms with E-state index in [9.17, 15) is 13.2 Å². The third kappa shape index (κ3) is 3.58. The molecule has 1 atom stereocenters. The first-order chi connectivity index (χ1) is 13.3. The van der Waals surface area contributed by atoms with Gasteiger partial charge in [0.15, 0.2) is 11.5 Å². The standard InChI is InChI=1S/C19H23N3O5S/c1-12-15(13(2)21-28(24,25)20-12)11-19(23)22-7-3-4-16(22)14-5-6-17-18(10-14)27-9-8-26-17/h5-6,10,16,20H,3-4,7-9,11H2,1-2H3/t16-/m0/s1. The second-order valence-corrected chi connectivity index (χ2v) is 8.52. The van der Waals surface area contributed by atoms with Crippen molar-refractivity contribution in [2.24, 2.45) is 4.40 Å². The predicted molar refractivity (Wildman–Crippen MR) is 104 cm³/mol. The molecule has 4 rings (SSSR count). The number of carbonyl (C=O) groups excluding carboxylic acids is 1. The highest BCUT2D eigenvalue weighted by atomic mass is 32.2. The molecule has 1 N–H and O–H groups in total. The Morgan fingerprint density at radius 2 is 2.00 bits per heavy atom. The van der Waals surface area contributed by atoms with Gasteiger partial charge in [0.1, 0.15) is 13.2 Å². The average Bonchev–Trinajstić information content (AvgIpc) is 3.13. The molecule has 9 heteroatoms. The highest BCUT2D eigenvalue weighted by molar-refractivity contribution is 7.88. The molecule has 0 spiro atoms. The quantitative estimate of drug-likeness (QED) is 0.831. The molecule has 0 saturated carbocycles. The number of nitrogens with one attached hydrogen (secondary N) is 1. The maximum atomic E-state index is 13.0. The zero-order chi connectivity index (χ0) is 19.9. The Kier molecular flexibility index (Phi) is 4.78. The van der Waals surface area contributed by atoms with Crippen molar-refractivity contribution >= 4 is 21.8 Å². The summed E-state index contributed by atoms with van der Waals surface area (Å²) in [5, 5.41) is 0. The van der Waals surface area contributed by atoms with E-state index in [1.165, 1.54) is 0 Å². The summed E-state index contributed by atoms with van der Waals surface area (Å²) in [5.74, 6) is 1.40. The first-order valence-corrected chi connectivity index (χ1v) is 10.8. The van der Waals surface area contributed by atoms with Gasteiger partial charge in [-0.05, 0) is 44.4 Å². The topological polar surface area (TPSA) is 97.3 Å². The van der Waals surface area contributed by atoms with Crippen LogP contribution in [0.15, 0.2) is 33.9 Å². The molecule has 3 heterocycles. The summed E-state index contributed by atoms with van der Waals surface area (Å²) in [4.78, 5) is 14.9. The third-order valence-electron chi connectivity index (χ3n) is 5.28. The molecule has 150 valence electrons. The zero-order valence-corrected chi connectivity index (χ0v) is 16.7. The van der Waals surface area contributed by atoms with Gasteiger partial charge in [-0.2, -0.15) is 8.42 Å². The summed E-state index contributed by atoms with van der Waals surface area (Å²) in [6, 6.07) is 5.80.